The molecule has 2 heterocycles. The molecular weight excluding hydrogens is 296 g/mol. The number of allylic oxidation sites excluding steroid dienone is 2. The zero-order valence-corrected chi connectivity index (χ0v) is 13.7. The number of carbonyl (C=O) groups excluding carboxylic acids is 1. The van der Waals surface area contributed by atoms with Gasteiger partial charge in [-0.2, -0.15) is 11.8 Å². The lowest BCUT2D eigenvalue weighted by molar-refractivity contribution is -0.125. The van der Waals surface area contributed by atoms with E-state index in [1.54, 1.807) is 6.26 Å². The molecule has 0 saturated carbocycles. The van der Waals surface area contributed by atoms with Gasteiger partial charge in [0.25, 0.3) is 0 Å². The van der Waals surface area contributed by atoms with Crippen molar-refractivity contribution in [2.24, 2.45) is 5.92 Å². The first-order valence-electron chi connectivity index (χ1n) is 8.11. The zero-order chi connectivity index (χ0) is 15.2. The molecule has 1 aromatic rings. The second-order valence-corrected chi connectivity index (χ2v) is 7.17. The van der Waals surface area contributed by atoms with Crippen LogP contribution in [0.15, 0.2) is 35.2 Å². The van der Waals surface area contributed by atoms with E-state index in [4.69, 9.17) is 4.42 Å². The van der Waals surface area contributed by atoms with Crippen LogP contribution in [0.4, 0.5) is 0 Å². The molecule has 3 rings (SSSR count). The van der Waals surface area contributed by atoms with E-state index in [0.717, 1.165) is 49.4 Å². The fraction of sp³-hybridized carbons (Fsp3) is 0.588. The number of nitrogens with one attached hydrogen (secondary N) is 1. The van der Waals surface area contributed by atoms with Gasteiger partial charge in [-0.15, -0.1) is 0 Å². The summed E-state index contributed by atoms with van der Waals surface area (Å²) in [5.74, 6) is 2.67. The van der Waals surface area contributed by atoms with Crippen molar-refractivity contribution < 1.29 is 9.21 Å². The lowest BCUT2D eigenvalue weighted by Gasteiger charge is -2.34. The Kier molecular flexibility index (Phi) is 5.62. The average molecular weight is 320 g/mol. The van der Waals surface area contributed by atoms with E-state index in [-0.39, 0.29) is 17.9 Å². The summed E-state index contributed by atoms with van der Waals surface area (Å²) in [7, 11) is 0. The molecule has 2 atom stereocenters. The van der Waals surface area contributed by atoms with Gasteiger partial charge in [0.15, 0.2) is 0 Å². The average Bonchev–Trinajstić information content (AvgIpc) is 3.11. The number of thioether (sulfide) groups is 1. The van der Waals surface area contributed by atoms with Crippen molar-refractivity contribution in [3.8, 4) is 0 Å². The van der Waals surface area contributed by atoms with Crippen molar-refractivity contribution in [1.29, 1.82) is 0 Å². The Hall–Kier alpha value is -1.20. The van der Waals surface area contributed by atoms with Crippen LogP contribution in [0.5, 0.6) is 0 Å². The largest absolute Gasteiger partial charge is 0.472 e. The molecule has 1 fully saturated rings. The van der Waals surface area contributed by atoms with Crippen LogP contribution in [0, 0.1) is 5.92 Å². The molecule has 22 heavy (non-hydrogen) atoms. The van der Waals surface area contributed by atoms with Crippen LogP contribution in [0.1, 0.15) is 30.9 Å². The van der Waals surface area contributed by atoms with Crippen molar-refractivity contribution in [2.45, 2.75) is 25.3 Å². The van der Waals surface area contributed by atoms with Crippen LogP contribution in [-0.2, 0) is 4.79 Å². The second-order valence-electron chi connectivity index (χ2n) is 5.95. The van der Waals surface area contributed by atoms with Gasteiger partial charge in [0, 0.05) is 42.6 Å². The SMILES string of the molecule is O=C(NC[C@H](c1ccoc1)N1CCSCC1)[C@@H]1CC=CCC1. The quantitative estimate of drug-likeness (QED) is 0.848. The van der Waals surface area contributed by atoms with Crippen molar-refractivity contribution in [2.75, 3.05) is 31.1 Å². The van der Waals surface area contributed by atoms with Crippen LogP contribution in [0.3, 0.4) is 0 Å². The first-order valence-corrected chi connectivity index (χ1v) is 9.26. The molecule has 0 spiro atoms. The summed E-state index contributed by atoms with van der Waals surface area (Å²) < 4.78 is 5.26. The molecule has 0 unspecified atom stereocenters. The van der Waals surface area contributed by atoms with Crippen LogP contribution < -0.4 is 5.32 Å². The first-order chi connectivity index (χ1) is 10.8. The molecular formula is C17H24N2O2S. The Bertz CT molecular complexity index is 495. The van der Waals surface area contributed by atoms with E-state index in [2.05, 4.69) is 22.4 Å². The molecule has 1 saturated heterocycles. The number of hydrogen-bond acceptors (Lipinski definition) is 4. The van der Waals surface area contributed by atoms with Gasteiger partial charge in [-0.1, -0.05) is 12.2 Å². The molecule has 1 aliphatic carbocycles. The number of amides is 1. The molecule has 0 aromatic carbocycles. The summed E-state index contributed by atoms with van der Waals surface area (Å²) in [5, 5.41) is 3.18. The summed E-state index contributed by atoms with van der Waals surface area (Å²) in [5.41, 5.74) is 1.16. The normalized spacial score (nSPS) is 24.1. The maximum atomic E-state index is 12.4. The summed E-state index contributed by atoms with van der Waals surface area (Å²) in [6.07, 6.45) is 10.7. The van der Waals surface area contributed by atoms with Crippen molar-refractivity contribution in [1.82, 2.24) is 10.2 Å². The molecule has 1 amide bonds. The van der Waals surface area contributed by atoms with Crippen molar-refractivity contribution in [3.05, 3.63) is 36.3 Å². The van der Waals surface area contributed by atoms with Gasteiger partial charge >= 0.3 is 0 Å². The number of furan rings is 1. The summed E-state index contributed by atoms with van der Waals surface area (Å²) in [6.45, 7) is 2.81. The fourth-order valence-corrected chi connectivity index (χ4v) is 4.12. The van der Waals surface area contributed by atoms with Crippen LogP contribution >= 0.6 is 11.8 Å². The topological polar surface area (TPSA) is 45.5 Å². The van der Waals surface area contributed by atoms with Crippen LogP contribution in [0.25, 0.3) is 0 Å². The van der Waals surface area contributed by atoms with Gasteiger partial charge in [0.1, 0.15) is 0 Å². The highest BCUT2D eigenvalue weighted by Gasteiger charge is 2.25. The lowest BCUT2D eigenvalue weighted by Crippen LogP contribution is -2.43. The second kappa shape index (κ2) is 7.88. The van der Waals surface area contributed by atoms with Gasteiger partial charge < -0.3 is 9.73 Å². The Labute approximate surface area is 136 Å². The maximum Gasteiger partial charge on any atom is 0.223 e. The molecule has 0 bridgehead atoms. The van der Waals surface area contributed by atoms with E-state index in [1.807, 2.05) is 24.1 Å². The van der Waals surface area contributed by atoms with Gasteiger partial charge in [0.2, 0.25) is 5.91 Å². The summed E-state index contributed by atoms with van der Waals surface area (Å²) in [6, 6.07) is 2.24. The molecule has 2 aliphatic rings. The monoisotopic (exact) mass is 320 g/mol. The number of nitrogens with zero attached hydrogens (tertiary/aromatic N) is 1. The number of hydrogen-bond donors (Lipinski definition) is 1. The third-order valence-corrected chi connectivity index (χ3v) is 5.47. The van der Waals surface area contributed by atoms with E-state index in [0.29, 0.717) is 6.54 Å². The highest BCUT2D eigenvalue weighted by Crippen LogP contribution is 2.25. The van der Waals surface area contributed by atoms with Crippen LogP contribution in [0.2, 0.25) is 0 Å². The lowest BCUT2D eigenvalue weighted by atomic mass is 9.93. The Balaban J connectivity index is 1.60. The molecule has 0 radical (unpaired) electrons. The van der Waals surface area contributed by atoms with Crippen LogP contribution in [-0.4, -0.2) is 41.9 Å². The van der Waals surface area contributed by atoms with E-state index in [9.17, 15) is 4.79 Å². The summed E-state index contributed by atoms with van der Waals surface area (Å²) in [4.78, 5) is 14.8. The third kappa shape index (κ3) is 3.96. The van der Waals surface area contributed by atoms with Gasteiger partial charge in [-0.3, -0.25) is 9.69 Å². The van der Waals surface area contributed by atoms with Gasteiger partial charge in [0.05, 0.1) is 18.6 Å². The molecule has 1 aliphatic heterocycles. The number of carbonyl (C=O) groups is 1. The maximum absolute atomic E-state index is 12.4. The minimum Gasteiger partial charge on any atom is -0.472 e. The van der Waals surface area contributed by atoms with Gasteiger partial charge in [-0.25, -0.2) is 0 Å². The molecule has 4 nitrogen and oxygen atoms in total. The Morgan fingerprint density at radius 2 is 2.27 bits per heavy atom. The minimum absolute atomic E-state index is 0.145. The molecule has 1 N–H and O–H groups in total. The number of rotatable bonds is 5. The predicted octanol–water partition coefficient (Wildman–Crippen LogP) is 2.84. The predicted molar refractivity (Wildman–Crippen MR) is 89.8 cm³/mol. The fourth-order valence-electron chi connectivity index (χ4n) is 3.18. The van der Waals surface area contributed by atoms with Gasteiger partial charge in [-0.05, 0) is 25.3 Å². The Morgan fingerprint density at radius 3 is 2.95 bits per heavy atom. The van der Waals surface area contributed by atoms with Crippen molar-refractivity contribution in [3.63, 3.8) is 0 Å². The third-order valence-electron chi connectivity index (χ3n) is 4.52. The van der Waals surface area contributed by atoms with Crippen molar-refractivity contribution >= 4 is 17.7 Å². The minimum atomic E-state index is 0.145. The zero-order valence-electron chi connectivity index (χ0n) is 12.9. The molecule has 1 aromatic heterocycles. The molecule has 120 valence electrons. The smallest absolute Gasteiger partial charge is 0.223 e. The first kappa shape index (κ1) is 15.7. The Morgan fingerprint density at radius 1 is 1.41 bits per heavy atom. The molecule has 5 heteroatoms. The highest BCUT2D eigenvalue weighted by molar-refractivity contribution is 7.99. The van der Waals surface area contributed by atoms with E-state index in [1.165, 1.54) is 0 Å². The standard InChI is InChI=1S/C17H24N2O2S/c20-17(14-4-2-1-3-5-14)18-12-16(15-6-9-21-13-15)19-7-10-22-11-8-19/h1-2,6,9,13-14,16H,3-5,7-8,10-12H2,(H,18,20)/t14-,16-/m1/s1. The summed E-state index contributed by atoms with van der Waals surface area (Å²) >= 11 is 2.00. The van der Waals surface area contributed by atoms with E-state index >= 15 is 0 Å². The van der Waals surface area contributed by atoms with E-state index < -0.39 is 0 Å². The highest BCUT2D eigenvalue weighted by atomic mass is 32.2.